The maximum atomic E-state index is 12.7. The fourth-order valence-electron chi connectivity index (χ4n) is 3.20. The molecule has 0 unspecified atom stereocenters. The van der Waals surface area contributed by atoms with E-state index in [0.29, 0.717) is 11.7 Å². The van der Waals surface area contributed by atoms with Gasteiger partial charge in [-0.05, 0) is 49.8 Å². The summed E-state index contributed by atoms with van der Waals surface area (Å²) in [6.07, 6.45) is 4.69. The molecule has 4 heteroatoms. The second-order valence-corrected chi connectivity index (χ2v) is 7.16. The molecular weight excluding hydrogens is 328 g/mol. The van der Waals surface area contributed by atoms with E-state index in [1.807, 2.05) is 36.2 Å². The summed E-state index contributed by atoms with van der Waals surface area (Å²) in [4.78, 5) is 17.8. The Morgan fingerprint density at radius 1 is 1.24 bits per heavy atom. The molecular formula is C17H21BrN2O. The van der Waals surface area contributed by atoms with Gasteiger partial charge in [0.1, 0.15) is 5.69 Å². The minimum Gasteiger partial charge on any atom is -0.350 e. The first kappa shape index (κ1) is 14.6. The van der Waals surface area contributed by atoms with E-state index in [1.54, 1.807) is 0 Å². The molecule has 0 aliphatic heterocycles. The molecule has 3 rings (SSSR count). The van der Waals surface area contributed by atoms with E-state index in [2.05, 4.69) is 27.8 Å². The average molecular weight is 349 g/mol. The molecule has 1 N–H and O–H groups in total. The molecule has 1 saturated carbocycles. The Morgan fingerprint density at radius 2 is 1.95 bits per heavy atom. The quantitative estimate of drug-likeness (QED) is 0.846. The van der Waals surface area contributed by atoms with Crippen LogP contribution in [0.2, 0.25) is 0 Å². The van der Waals surface area contributed by atoms with Crippen molar-refractivity contribution in [1.29, 1.82) is 0 Å². The van der Waals surface area contributed by atoms with Crippen molar-refractivity contribution >= 4 is 32.7 Å². The van der Waals surface area contributed by atoms with Crippen molar-refractivity contribution in [3.05, 3.63) is 34.4 Å². The number of carbonyl (C=O) groups excluding carboxylic acids is 1. The average Bonchev–Trinajstić information content (AvgIpc) is 2.89. The van der Waals surface area contributed by atoms with Crippen LogP contribution in [0.3, 0.4) is 0 Å². The number of nitrogens with zero attached hydrogens (tertiary/aromatic N) is 1. The van der Waals surface area contributed by atoms with Crippen LogP contribution >= 0.6 is 15.9 Å². The van der Waals surface area contributed by atoms with Crippen molar-refractivity contribution < 1.29 is 4.79 Å². The van der Waals surface area contributed by atoms with Crippen LogP contribution in [0.1, 0.15) is 43.1 Å². The van der Waals surface area contributed by atoms with Gasteiger partial charge in [-0.25, -0.2) is 0 Å². The number of hydrogen-bond acceptors (Lipinski definition) is 1. The number of nitrogens with one attached hydrogen (secondary N) is 1. The van der Waals surface area contributed by atoms with E-state index in [-0.39, 0.29) is 5.91 Å². The Labute approximate surface area is 133 Å². The largest absolute Gasteiger partial charge is 0.350 e. The van der Waals surface area contributed by atoms with Crippen molar-refractivity contribution in [2.75, 3.05) is 7.05 Å². The third kappa shape index (κ3) is 3.00. The molecule has 1 aliphatic carbocycles. The third-order valence-electron chi connectivity index (χ3n) is 4.67. The Hall–Kier alpha value is -1.29. The second-order valence-electron chi connectivity index (χ2n) is 6.24. The molecule has 2 aromatic rings. The molecule has 1 heterocycles. The van der Waals surface area contributed by atoms with Crippen molar-refractivity contribution in [1.82, 2.24) is 9.88 Å². The van der Waals surface area contributed by atoms with Crippen LogP contribution in [0.5, 0.6) is 0 Å². The number of H-pyrrole nitrogens is 1. The summed E-state index contributed by atoms with van der Waals surface area (Å²) in [6, 6.07) is 8.36. The van der Waals surface area contributed by atoms with Crippen molar-refractivity contribution in [3.8, 4) is 0 Å². The van der Waals surface area contributed by atoms with Crippen molar-refractivity contribution in [2.45, 2.75) is 38.6 Å². The predicted octanol–water partition coefficient (Wildman–Crippen LogP) is 4.58. The van der Waals surface area contributed by atoms with E-state index in [4.69, 9.17) is 0 Å². The lowest BCUT2D eigenvalue weighted by Crippen LogP contribution is -2.39. The van der Waals surface area contributed by atoms with Gasteiger partial charge in [-0.3, -0.25) is 4.79 Å². The molecule has 1 aromatic heterocycles. The summed E-state index contributed by atoms with van der Waals surface area (Å²) in [5, 5.41) is 1.08. The van der Waals surface area contributed by atoms with Crippen LogP contribution in [-0.4, -0.2) is 28.9 Å². The maximum absolute atomic E-state index is 12.7. The molecule has 0 bridgehead atoms. The van der Waals surface area contributed by atoms with Crippen LogP contribution in [0, 0.1) is 5.92 Å². The van der Waals surface area contributed by atoms with Gasteiger partial charge in [-0.2, -0.15) is 0 Å². The highest BCUT2D eigenvalue weighted by atomic mass is 79.9. The number of carbonyl (C=O) groups is 1. The Bertz CT molecular complexity index is 656. The summed E-state index contributed by atoms with van der Waals surface area (Å²) in [5.41, 5.74) is 1.68. The SMILES string of the molecule is CC1CCC(N(C)C(=O)c2cc3ccc(Br)cc3[nH]2)CC1. The van der Waals surface area contributed by atoms with Gasteiger partial charge < -0.3 is 9.88 Å². The Morgan fingerprint density at radius 3 is 2.67 bits per heavy atom. The standard InChI is InChI=1S/C17H21BrN2O/c1-11-3-7-14(8-4-11)20(2)17(21)16-9-12-5-6-13(18)10-15(12)19-16/h5-6,9-11,14,19H,3-4,7-8H2,1-2H3. The summed E-state index contributed by atoms with van der Waals surface area (Å²) >= 11 is 3.46. The molecule has 1 aliphatic rings. The molecule has 112 valence electrons. The van der Waals surface area contributed by atoms with Crippen LogP contribution < -0.4 is 0 Å². The van der Waals surface area contributed by atoms with Gasteiger partial charge in [-0.1, -0.05) is 28.9 Å². The fraction of sp³-hybridized carbons (Fsp3) is 0.471. The molecule has 1 amide bonds. The van der Waals surface area contributed by atoms with Gasteiger partial charge in [0.2, 0.25) is 0 Å². The molecule has 1 aromatic carbocycles. The number of halogens is 1. The summed E-state index contributed by atoms with van der Waals surface area (Å²) in [6.45, 7) is 2.30. The van der Waals surface area contributed by atoms with E-state index < -0.39 is 0 Å². The van der Waals surface area contributed by atoms with E-state index in [1.165, 1.54) is 12.8 Å². The molecule has 0 saturated heterocycles. The van der Waals surface area contributed by atoms with Crippen molar-refractivity contribution in [2.24, 2.45) is 5.92 Å². The molecule has 1 fully saturated rings. The van der Waals surface area contributed by atoms with E-state index in [9.17, 15) is 4.79 Å². The zero-order valence-electron chi connectivity index (χ0n) is 12.5. The first-order valence-electron chi connectivity index (χ1n) is 7.60. The van der Waals surface area contributed by atoms with Crippen LogP contribution in [0.25, 0.3) is 10.9 Å². The van der Waals surface area contributed by atoms with E-state index in [0.717, 1.165) is 34.1 Å². The predicted molar refractivity (Wildman–Crippen MR) is 89.5 cm³/mol. The highest BCUT2D eigenvalue weighted by molar-refractivity contribution is 9.10. The highest BCUT2D eigenvalue weighted by Crippen LogP contribution is 2.28. The van der Waals surface area contributed by atoms with Gasteiger partial charge in [0.25, 0.3) is 5.91 Å². The first-order chi connectivity index (χ1) is 10.0. The number of benzene rings is 1. The first-order valence-corrected chi connectivity index (χ1v) is 8.39. The normalized spacial score (nSPS) is 22.4. The minimum atomic E-state index is 0.0990. The van der Waals surface area contributed by atoms with Crippen LogP contribution in [0.4, 0.5) is 0 Å². The topological polar surface area (TPSA) is 36.1 Å². The van der Waals surface area contributed by atoms with Gasteiger partial charge in [0, 0.05) is 28.5 Å². The van der Waals surface area contributed by atoms with Crippen molar-refractivity contribution in [3.63, 3.8) is 0 Å². The number of aromatic amines is 1. The Kier molecular flexibility index (Phi) is 4.07. The molecule has 0 spiro atoms. The highest BCUT2D eigenvalue weighted by Gasteiger charge is 2.26. The third-order valence-corrected chi connectivity index (χ3v) is 5.16. The molecule has 21 heavy (non-hydrogen) atoms. The lowest BCUT2D eigenvalue weighted by Gasteiger charge is -2.33. The Balaban J connectivity index is 1.79. The zero-order chi connectivity index (χ0) is 15.0. The number of rotatable bonds is 2. The van der Waals surface area contributed by atoms with Gasteiger partial charge >= 0.3 is 0 Å². The molecule has 3 nitrogen and oxygen atoms in total. The van der Waals surface area contributed by atoms with Gasteiger partial charge in [0.15, 0.2) is 0 Å². The lowest BCUT2D eigenvalue weighted by molar-refractivity contribution is 0.0674. The van der Waals surface area contributed by atoms with Gasteiger partial charge in [-0.15, -0.1) is 0 Å². The number of hydrogen-bond donors (Lipinski definition) is 1. The fourth-order valence-corrected chi connectivity index (χ4v) is 3.56. The molecule has 0 radical (unpaired) electrons. The summed E-state index contributed by atoms with van der Waals surface area (Å²) < 4.78 is 1.02. The van der Waals surface area contributed by atoms with Gasteiger partial charge in [0.05, 0.1) is 0 Å². The lowest BCUT2D eigenvalue weighted by atomic mass is 9.86. The molecule has 0 atom stereocenters. The smallest absolute Gasteiger partial charge is 0.270 e. The number of fused-ring (bicyclic) bond motifs is 1. The van der Waals surface area contributed by atoms with Crippen LogP contribution in [-0.2, 0) is 0 Å². The number of aromatic nitrogens is 1. The summed E-state index contributed by atoms with van der Waals surface area (Å²) in [7, 11) is 1.93. The number of amides is 1. The summed E-state index contributed by atoms with van der Waals surface area (Å²) in [5.74, 6) is 0.900. The maximum Gasteiger partial charge on any atom is 0.270 e. The monoisotopic (exact) mass is 348 g/mol. The van der Waals surface area contributed by atoms with E-state index >= 15 is 0 Å². The second kappa shape index (κ2) is 5.84. The van der Waals surface area contributed by atoms with Crippen LogP contribution in [0.15, 0.2) is 28.7 Å². The minimum absolute atomic E-state index is 0.0990. The zero-order valence-corrected chi connectivity index (χ0v) is 14.1.